The van der Waals surface area contributed by atoms with Gasteiger partial charge in [-0.05, 0) is 25.0 Å². The molecule has 8 nitrogen and oxygen atoms in total. The lowest BCUT2D eigenvalue weighted by Gasteiger charge is -2.25. The van der Waals surface area contributed by atoms with Crippen LogP contribution in [0.5, 0.6) is 11.5 Å². The Kier molecular flexibility index (Phi) is 4.36. The summed E-state index contributed by atoms with van der Waals surface area (Å²) in [5, 5.41) is 4.50. The van der Waals surface area contributed by atoms with Gasteiger partial charge in [-0.15, -0.1) is 0 Å². The smallest absolute Gasteiger partial charge is 0.245 e. The van der Waals surface area contributed by atoms with Crippen molar-refractivity contribution in [2.24, 2.45) is 0 Å². The van der Waals surface area contributed by atoms with Gasteiger partial charge in [0.25, 0.3) is 0 Å². The van der Waals surface area contributed by atoms with Crippen LogP contribution in [-0.4, -0.2) is 36.4 Å². The van der Waals surface area contributed by atoms with Gasteiger partial charge in [-0.2, -0.15) is 5.10 Å². The number of fused-ring (bicyclic) bond motifs is 2. The topological polar surface area (TPSA) is 95.3 Å². The van der Waals surface area contributed by atoms with Crippen LogP contribution in [-0.2, 0) is 16.6 Å². The van der Waals surface area contributed by atoms with Crippen LogP contribution in [0.2, 0.25) is 0 Å². The van der Waals surface area contributed by atoms with Gasteiger partial charge < -0.3 is 9.47 Å². The molecule has 0 amide bonds. The third-order valence-corrected chi connectivity index (χ3v) is 6.02. The lowest BCUT2D eigenvalue weighted by molar-refractivity contribution is 0.167. The Hall–Kier alpha value is -2.13. The fourth-order valence-corrected chi connectivity index (χ4v) is 4.62. The van der Waals surface area contributed by atoms with E-state index in [0.717, 1.165) is 18.8 Å². The SMILES string of the molecule is CC(C)c1nc2n(n1)CCCC2NS(=O)(=O)c1cccc2c1OCCO2. The van der Waals surface area contributed by atoms with E-state index < -0.39 is 16.1 Å². The van der Waals surface area contributed by atoms with Crippen molar-refractivity contribution in [1.29, 1.82) is 0 Å². The van der Waals surface area contributed by atoms with Crippen LogP contribution in [0.3, 0.4) is 0 Å². The maximum absolute atomic E-state index is 13.0. The monoisotopic (exact) mass is 378 g/mol. The molecule has 0 radical (unpaired) electrons. The first kappa shape index (κ1) is 17.3. The first-order valence-corrected chi connectivity index (χ1v) is 10.3. The predicted octanol–water partition coefficient (Wildman–Crippen LogP) is 1.99. The minimum Gasteiger partial charge on any atom is -0.486 e. The quantitative estimate of drug-likeness (QED) is 0.874. The Morgan fingerprint density at radius 2 is 2.08 bits per heavy atom. The molecule has 0 aliphatic carbocycles. The number of para-hydroxylation sites is 1. The highest BCUT2D eigenvalue weighted by Crippen LogP contribution is 2.37. The minimum atomic E-state index is -3.79. The van der Waals surface area contributed by atoms with Crippen molar-refractivity contribution in [3.63, 3.8) is 0 Å². The van der Waals surface area contributed by atoms with E-state index in [2.05, 4.69) is 14.8 Å². The minimum absolute atomic E-state index is 0.0930. The van der Waals surface area contributed by atoms with Crippen LogP contribution >= 0.6 is 0 Å². The molecule has 1 atom stereocenters. The maximum atomic E-state index is 13.0. The number of nitrogens with one attached hydrogen (secondary N) is 1. The third-order valence-electron chi connectivity index (χ3n) is 4.52. The fourth-order valence-electron chi connectivity index (χ4n) is 3.23. The third kappa shape index (κ3) is 3.05. The van der Waals surface area contributed by atoms with E-state index in [1.807, 2.05) is 18.5 Å². The van der Waals surface area contributed by atoms with Gasteiger partial charge in [0.05, 0.1) is 6.04 Å². The predicted molar refractivity (Wildman–Crippen MR) is 93.8 cm³/mol. The van der Waals surface area contributed by atoms with Gasteiger partial charge in [0, 0.05) is 12.5 Å². The molecular weight excluding hydrogens is 356 g/mol. The van der Waals surface area contributed by atoms with Crippen molar-refractivity contribution in [2.45, 2.75) is 50.1 Å². The summed E-state index contributed by atoms with van der Waals surface area (Å²) in [5.74, 6) is 2.32. The van der Waals surface area contributed by atoms with Gasteiger partial charge in [0.2, 0.25) is 10.0 Å². The van der Waals surface area contributed by atoms with Crippen molar-refractivity contribution in [2.75, 3.05) is 13.2 Å². The molecule has 4 rings (SSSR count). The average Bonchev–Trinajstić information content (AvgIpc) is 3.07. The van der Waals surface area contributed by atoms with Crippen molar-refractivity contribution in [1.82, 2.24) is 19.5 Å². The number of hydrogen-bond donors (Lipinski definition) is 1. The molecule has 0 bridgehead atoms. The van der Waals surface area contributed by atoms with E-state index in [1.165, 1.54) is 6.07 Å². The molecule has 2 aliphatic heterocycles. The molecule has 0 spiro atoms. The van der Waals surface area contributed by atoms with Crippen LogP contribution in [0.25, 0.3) is 0 Å². The van der Waals surface area contributed by atoms with Crippen LogP contribution < -0.4 is 14.2 Å². The lowest BCUT2D eigenvalue weighted by atomic mass is 10.1. The summed E-state index contributed by atoms with van der Waals surface area (Å²) in [6.45, 7) is 5.54. The van der Waals surface area contributed by atoms with E-state index in [4.69, 9.17) is 9.47 Å². The number of hydrogen-bond acceptors (Lipinski definition) is 6. The zero-order chi connectivity index (χ0) is 18.3. The van der Waals surface area contributed by atoms with Crippen molar-refractivity contribution >= 4 is 10.0 Å². The first-order valence-electron chi connectivity index (χ1n) is 8.81. The molecule has 1 unspecified atom stereocenters. The molecule has 0 saturated carbocycles. The Morgan fingerprint density at radius 3 is 2.88 bits per heavy atom. The average molecular weight is 378 g/mol. The first-order chi connectivity index (χ1) is 12.5. The van der Waals surface area contributed by atoms with Gasteiger partial charge >= 0.3 is 0 Å². The Morgan fingerprint density at radius 1 is 1.27 bits per heavy atom. The molecular formula is C17H22N4O4S. The molecule has 1 aromatic carbocycles. The van der Waals surface area contributed by atoms with Gasteiger partial charge in [-0.3, -0.25) is 0 Å². The van der Waals surface area contributed by atoms with E-state index in [-0.39, 0.29) is 16.6 Å². The van der Waals surface area contributed by atoms with Crippen molar-refractivity contribution < 1.29 is 17.9 Å². The fraction of sp³-hybridized carbons (Fsp3) is 0.529. The van der Waals surface area contributed by atoms with Gasteiger partial charge in [-0.1, -0.05) is 19.9 Å². The molecule has 3 heterocycles. The molecule has 9 heteroatoms. The summed E-state index contributed by atoms with van der Waals surface area (Å²) in [5.41, 5.74) is 0. The summed E-state index contributed by atoms with van der Waals surface area (Å²) >= 11 is 0. The molecule has 1 N–H and O–H groups in total. The molecule has 1 aromatic heterocycles. The number of aryl methyl sites for hydroxylation is 1. The zero-order valence-corrected chi connectivity index (χ0v) is 15.6. The number of sulfonamides is 1. The molecule has 2 aromatic rings. The Balaban J connectivity index is 1.66. The largest absolute Gasteiger partial charge is 0.486 e. The summed E-state index contributed by atoms with van der Waals surface area (Å²) in [4.78, 5) is 4.66. The van der Waals surface area contributed by atoms with Crippen LogP contribution in [0.15, 0.2) is 23.1 Å². The van der Waals surface area contributed by atoms with Crippen LogP contribution in [0.1, 0.15) is 50.3 Å². The molecule has 2 aliphatic rings. The maximum Gasteiger partial charge on any atom is 0.245 e. The molecule has 140 valence electrons. The summed E-state index contributed by atoms with van der Waals surface area (Å²) in [6, 6.07) is 4.49. The van der Waals surface area contributed by atoms with E-state index in [9.17, 15) is 8.42 Å². The van der Waals surface area contributed by atoms with E-state index >= 15 is 0 Å². The summed E-state index contributed by atoms with van der Waals surface area (Å²) in [7, 11) is -3.79. The highest BCUT2D eigenvalue weighted by atomic mass is 32.2. The number of ether oxygens (including phenoxy) is 2. The van der Waals surface area contributed by atoms with Crippen LogP contribution in [0.4, 0.5) is 0 Å². The number of rotatable bonds is 4. The second kappa shape index (κ2) is 6.55. The number of aromatic nitrogens is 3. The Bertz CT molecular complexity index is 923. The highest BCUT2D eigenvalue weighted by molar-refractivity contribution is 7.89. The lowest BCUT2D eigenvalue weighted by Crippen LogP contribution is -2.34. The summed E-state index contributed by atoms with van der Waals surface area (Å²) in [6.07, 6.45) is 1.52. The highest BCUT2D eigenvalue weighted by Gasteiger charge is 2.32. The van der Waals surface area contributed by atoms with Crippen LogP contribution in [0, 0.1) is 0 Å². The molecule has 26 heavy (non-hydrogen) atoms. The zero-order valence-electron chi connectivity index (χ0n) is 14.8. The van der Waals surface area contributed by atoms with Gasteiger partial charge in [-0.25, -0.2) is 22.8 Å². The normalized spacial score (nSPS) is 19.4. The number of nitrogens with zero attached hydrogens (tertiary/aromatic N) is 3. The van der Waals surface area contributed by atoms with Gasteiger partial charge in [0.1, 0.15) is 23.9 Å². The second-order valence-electron chi connectivity index (χ2n) is 6.80. The molecule has 0 fully saturated rings. The van der Waals surface area contributed by atoms with E-state index in [0.29, 0.717) is 31.2 Å². The van der Waals surface area contributed by atoms with Gasteiger partial charge in [0.15, 0.2) is 17.3 Å². The van der Waals surface area contributed by atoms with Crippen molar-refractivity contribution in [3.8, 4) is 11.5 Å². The van der Waals surface area contributed by atoms with Crippen molar-refractivity contribution in [3.05, 3.63) is 29.8 Å². The van der Waals surface area contributed by atoms with E-state index in [1.54, 1.807) is 12.1 Å². The Labute approximate surface area is 152 Å². The number of benzene rings is 1. The second-order valence-corrected chi connectivity index (χ2v) is 8.48. The summed E-state index contributed by atoms with van der Waals surface area (Å²) < 4.78 is 41.7. The standard InChI is InChI=1S/C17H22N4O4S/c1-11(2)16-18-17-12(5-4-8-21(17)19-16)20-26(22,23)14-7-3-6-13-15(14)25-10-9-24-13/h3,6-7,11-12,20H,4-5,8-10H2,1-2H3. The molecule has 0 saturated heterocycles.